The average molecular weight is 396 g/mol. The first-order valence-corrected chi connectivity index (χ1v) is 9.89. The van der Waals surface area contributed by atoms with Crippen LogP contribution in [0.5, 0.6) is 0 Å². The minimum absolute atomic E-state index is 0.0234. The van der Waals surface area contributed by atoms with Crippen molar-refractivity contribution in [2.75, 3.05) is 13.2 Å². The van der Waals surface area contributed by atoms with Crippen molar-refractivity contribution >= 4 is 23.3 Å². The molecule has 0 saturated carbocycles. The van der Waals surface area contributed by atoms with Crippen LogP contribution in [-0.4, -0.2) is 46.0 Å². The van der Waals surface area contributed by atoms with Crippen molar-refractivity contribution in [3.8, 4) is 0 Å². The highest BCUT2D eigenvalue weighted by molar-refractivity contribution is 6.30. The fourth-order valence-corrected chi connectivity index (χ4v) is 3.89. The van der Waals surface area contributed by atoms with E-state index in [0.29, 0.717) is 30.8 Å². The number of halogens is 1. The molecular formula is C21H30ClNO4. The Morgan fingerprint density at radius 1 is 1.26 bits per heavy atom. The second kappa shape index (κ2) is 9.18. The molecule has 1 aromatic rings. The van der Waals surface area contributed by atoms with Crippen LogP contribution in [0, 0.1) is 11.3 Å². The molecule has 6 heteroatoms. The van der Waals surface area contributed by atoms with Gasteiger partial charge in [-0.1, -0.05) is 38.4 Å². The van der Waals surface area contributed by atoms with Gasteiger partial charge in [-0.25, -0.2) is 0 Å². The fourth-order valence-electron chi connectivity index (χ4n) is 3.69. The molecule has 0 spiro atoms. The van der Waals surface area contributed by atoms with Gasteiger partial charge >= 0.3 is 0 Å². The van der Waals surface area contributed by atoms with Crippen molar-refractivity contribution in [3.63, 3.8) is 0 Å². The second-order valence-electron chi connectivity index (χ2n) is 8.33. The molecule has 0 bridgehead atoms. The molecule has 1 saturated heterocycles. The molecule has 2 rings (SSSR count). The van der Waals surface area contributed by atoms with E-state index in [1.807, 2.05) is 20.8 Å². The van der Waals surface area contributed by atoms with Crippen LogP contribution in [-0.2, 0) is 22.6 Å². The van der Waals surface area contributed by atoms with E-state index in [1.54, 1.807) is 23.1 Å². The maximum Gasteiger partial charge on any atom is 0.229 e. The Kier molecular flexibility index (Phi) is 7.43. The summed E-state index contributed by atoms with van der Waals surface area (Å²) in [4.78, 5) is 27.4. The number of aryl methyl sites for hydroxylation is 1. The van der Waals surface area contributed by atoms with E-state index in [-0.39, 0.29) is 30.3 Å². The lowest BCUT2D eigenvalue weighted by molar-refractivity contribution is -0.145. The van der Waals surface area contributed by atoms with E-state index < -0.39 is 12.0 Å². The third-order valence-corrected chi connectivity index (χ3v) is 5.65. The first-order chi connectivity index (χ1) is 12.7. The standard InChI is InChI=1S/C21H30ClNO4/c1-21(2,3)17(13-25)20(27)23-10-4-5-18(23)19(26)9-7-14-11-16(22)8-6-15(14)12-24/h6,8,11,17-18,24-25H,4-5,7,9-10,12-13H2,1-3H3/t17-,18-/m0/s1. The van der Waals surface area contributed by atoms with Gasteiger partial charge in [-0.3, -0.25) is 9.59 Å². The van der Waals surface area contributed by atoms with Crippen molar-refractivity contribution < 1.29 is 19.8 Å². The summed E-state index contributed by atoms with van der Waals surface area (Å²) >= 11 is 6.03. The minimum atomic E-state index is -0.514. The Bertz CT molecular complexity index is 683. The molecule has 0 aliphatic carbocycles. The first kappa shape index (κ1) is 21.9. The third kappa shape index (κ3) is 5.31. The summed E-state index contributed by atoms with van der Waals surface area (Å²) < 4.78 is 0. The molecular weight excluding hydrogens is 366 g/mol. The number of hydrogen-bond donors (Lipinski definition) is 2. The summed E-state index contributed by atoms with van der Waals surface area (Å²) in [5.41, 5.74) is 1.26. The van der Waals surface area contributed by atoms with E-state index in [4.69, 9.17) is 11.6 Å². The number of Topliss-reactive ketones (excluding diaryl/α,β-unsaturated/α-hetero) is 1. The van der Waals surface area contributed by atoms with Gasteiger partial charge in [0.15, 0.2) is 5.78 Å². The number of carbonyl (C=O) groups is 2. The Morgan fingerprint density at radius 3 is 2.56 bits per heavy atom. The van der Waals surface area contributed by atoms with Crippen molar-refractivity contribution in [2.45, 2.75) is 59.1 Å². The molecule has 2 atom stereocenters. The van der Waals surface area contributed by atoms with Crippen molar-refractivity contribution in [2.24, 2.45) is 11.3 Å². The zero-order valence-corrected chi connectivity index (χ0v) is 17.1. The highest BCUT2D eigenvalue weighted by atomic mass is 35.5. The average Bonchev–Trinajstić information content (AvgIpc) is 3.09. The van der Waals surface area contributed by atoms with Crippen molar-refractivity contribution in [3.05, 3.63) is 34.3 Å². The summed E-state index contributed by atoms with van der Waals surface area (Å²) in [6.07, 6.45) is 2.23. The quantitative estimate of drug-likeness (QED) is 0.744. The summed E-state index contributed by atoms with van der Waals surface area (Å²) in [6.45, 7) is 6.01. The van der Waals surface area contributed by atoms with E-state index >= 15 is 0 Å². The molecule has 1 aliphatic heterocycles. The molecule has 5 nitrogen and oxygen atoms in total. The molecule has 0 aromatic heterocycles. The molecule has 1 fully saturated rings. The number of rotatable bonds is 7. The maximum absolute atomic E-state index is 12.9. The maximum atomic E-state index is 12.9. The van der Waals surface area contributed by atoms with Crippen LogP contribution < -0.4 is 0 Å². The molecule has 150 valence electrons. The summed E-state index contributed by atoms with van der Waals surface area (Å²) in [5.74, 6) is -0.630. The number of likely N-dealkylation sites (tertiary alicyclic amines) is 1. The molecule has 1 aromatic carbocycles. The van der Waals surface area contributed by atoms with Gasteiger partial charge in [0.25, 0.3) is 0 Å². The van der Waals surface area contributed by atoms with Gasteiger partial charge < -0.3 is 15.1 Å². The third-order valence-electron chi connectivity index (χ3n) is 5.41. The molecule has 0 radical (unpaired) electrons. The number of benzene rings is 1. The smallest absolute Gasteiger partial charge is 0.229 e. The lowest BCUT2D eigenvalue weighted by Crippen LogP contribution is -2.47. The van der Waals surface area contributed by atoms with Crippen molar-refractivity contribution in [1.82, 2.24) is 4.90 Å². The summed E-state index contributed by atoms with van der Waals surface area (Å²) in [6, 6.07) is 4.84. The van der Waals surface area contributed by atoms with Gasteiger partial charge in [0, 0.05) is 18.0 Å². The Labute approximate surface area is 166 Å². The highest BCUT2D eigenvalue weighted by Crippen LogP contribution is 2.31. The van der Waals surface area contributed by atoms with Gasteiger partial charge in [-0.15, -0.1) is 0 Å². The Morgan fingerprint density at radius 2 is 1.96 bits per heavy atom. The molecule has 1 aliphatic rings. The van der Waals surface area contributed by atoms with Crippen LogP contribution >= 0.6 is 11.6 Å². The Hall–Kier alpha value is -1.43. The first-order valence-electron chi connectivity index (χ1n) is 9.51. The number of hydrogen-bond acceptors (Lipinski definition) is 4. The van der Waals surface area contributed by atoms with Crippen LogP contribution in [0.15, 0.2) is 18.2 Å². The second-order valence-corrected chi connectivity index (χ2v) is 8.76. The number of amides is 1. The van der Waals surface area contributed by atoms with E-state index in [9.17, 15) is 19.8 Å². The minimum Gasteiger partial charge on any atom is -0.396 e. The number of ketones is 1. The number of aliphatic hydroxyl groups excluding tert-OH is 2. The van der Waals surface area contributed by atoms with Gasteiger partial charge in [0.1, 0.15) is 0 Å². The van der Waals surface area contributed by atoms with E-state index in [2.05, 4.69) is 0 Å². The number of aliphatic hydroxyl groups is 2. The molecule has 1 amide bonds. The SMILES string of the molecule is CC(C)(C)[C@@H](CO)C(=O)N1CCC[C@H]1C(=O)CCc1cc(Cl)ccc1CO. The van der Waals surface area contributed by atoms with Crippen LogP contribution in [0.3, 0.4) is 0 Å². The highest BCUT2D eigenvalue weighted by Gasteiger charge is 2.40. The normalized spacial score (nSPS) is 18.6. The molecule has 0 unspecified atom stereocenters. The lowest BCUT2D eigenvalue weighted by Gasteiger charge is -2.34. The zero-order valence-electron chi connectivity index (χ0n) is 16.4. The number of nitrogens with zero attached hydrogens (tertiary/aromatic N) is 1. The molecule has 2 N–H and O–H groups in total. The van der Waals surface area contributed by atoms with Crippen molar-refractivity contribution in [1.29, 1.82) is 0 Å². The zero-order chi connectivity index (χ0) is 20.2. The largest absolute Gasteiger partial charge is 0.396 e. The van der Waals surface area contributed by atoms with Crippen LogP contribution in [0.1, 0.15) is 51.2 Å². The van der Waals surface area contributed by atoms with E-state index in [0.717, 1.165) is 17.5 Å². The van der Waals surface area contributed by atoms with Gasteiger partial charge in [-0.05, 0) is 47.9 Å². The fraction of sp³-hybridized carbons (Fsp3) is 0.619. The monoisotopic (exact) mass is 395 g/mol. The predicted octanol–water partition coefficient (Wildman–Crippen LogP) is 2.98. The predicted molar refractivity (Wildman–Crippen MR) is 105 cm³/mol. The Balaban J connectivity index is 2.07. The summed E-state index contributed by atoms with van der Waals surface area (Å²) in [7, 11) is 0. The topological polar surface area (TPSA) is 77.8 Å². The number of carbonyl (C=O) groups excluding carboxylic acids is 2. The molecule has 27 heavy (non-hydrogen) atoms. The molecule has 1 heterocycles. The summed E-state index contributed by atoms with van der Waals surface area (Å²) in [5, 5.41) is 19.7. The van der Waals surface area contributed by atoms with Crippen LogP contribution in [0.25, 0.3) is 0 Å². The van der Waals surface area contributed by atoms with E-state index in [1.165, 1.54) is 0 Å². The van der Waals surface area contributed by atoms with Gasteiger partial charge in [0.05, 0.1) is 25.2 Å². The van der Waals surface area contributed by atoms with Gasteiger partial charge in [0.2, 0.25) is 5.91 Å². The van der Waals surface area contributed by atoms with Gasteiger partial charge in [-0.2, -0.15) is 0 Å². The lowest BCUT2D eigenvalue weighted by atomic mass is 9.80. The van der Waals surface area contributed by atoms with Crippen LogP contribution in [0.4, 0.5) is 0 Å². The van der Waals surface area contributed by atoms with Crippen LogP contribution in [0.2, 0.25) is 5.02 Å².